The predicted octanol–water partition coefficient (Wildman–Crippen LogP) is 4.47. The summed E-state index contributed by atoms with van der Waals surface area (Å²) in [7, 11) is 0. The molecular weight excluding hydrogens is 298 g/mol. The van der Waals surface area contributed by atoms with E-state index in [-0.39, 0.29) is 0 Å². The second-order valence-corrected chi connectivity index (χ2v) is 6.14. The van der Waals surface area contributed by atoms with Gasteiger partial charge in [-0.15, -0.1) is 11.3 Å². The minimum atomic E-state index is 0.731. The van der Waals surface area contributed by atoms with Gasteiger partial charge in [-0.05, 0) is 34.1 Å². The van der Waals surface area contributed by atoms with E-state index in [1.807, 2.05) is 36.4 Å². The maximum absolute atomic E-state index is 11.3. The van der Waals surface area contributed by atoms with Crippen molar-refractivity contribution in [2.75, 3.05) is 0 Å². The zero-order chi connectivity index (χ0) is 11.8. The molecule has 2 nitrogen and oxygen atoms in total. The molecule has 0 amide bonds. The summed E-state index contributed by atoms with van der Waals surface area (Å²) >= 11 is 5.05. The molecule has 84 valence electrons. The molecule has 0 atom stereocenters. The Morgan fingerprint density at radius 2 is 2.00 bits per heavy atom. The molecule has 0 aliphatic heterocycles. The van der Waals surface area contributed by atoms with E-state index in [1.54, 1.807) is 11.3 Å². The molecule has 1 aromatic carbocycles. The molecule has 4 heteroatoms. The van der Waals surface area contributed by atoms with Crippen molar-refractivity contribution >= 4 is 44.5 Å². The third-order valence-electron chi connectivity index (χ3n) is 2.68. The van der Waals surface area contributed by atoms with Gasteiger partial charge in [-0.1, -0.05) is 18.2 Å². The summed E-state index contributed by atoms with van der Waals surface area (Å²) in [5.41, 5.74) is 2.63. The van der Waals surface area contributed by atoms with E-state index < -0.39 is 0 Å². The number of H-pyrrole nitrogens is 1. The Balaban J connectivity index is 2.32. The number of nitrogens with one attached hydrogen (secondary N) is 1. The Morgan fingerprint density at radius 1 is 1.18 bits per heavy atom. The van der Waals surface area contributed by atoms with Gasteiger partial charge in [-0.3, -0.25) is 4.79 Å². The van der Waals surface area contributed by atoms with Crippen molar-refractivity contribution in [2.24, 2.45) is 0 Å². The zero-order valence-electron chi connectivity index (χ0n) is 8.74. The second-order valence-electron chi connectivity index (χ2n) is 3.68. The van der Waals surface area contributed by atoms with E-state index in [9.17, 15) is 4.79 Å². The fourth-order valence-corrected chi connectivity index (χ4v) is 3.33. The monoisotopic (exact) mass is 305 g/mol. The maximum Gasteiger partial charge on any atom is 0.152 e. The van der Waals surface area contributed by atoms with Crippen LogP contribution in [0.25, 0.3) is 21.5 Å². The molecule has 3 aromatic rings. The maximum atomic E-state index is 11.3. The highest BCUT2D eigenvalue weighted by atomic mass is 79.9. The normalized spacial score (nSPS) is 10.9. The number of aromatic amines is 1. The van der Waals surface area contributed by atoms with E-state index >= 15 is 0 Å². The molecule has 1 N–H and O–H groups in total. The number of benzene rings is 1. The summed E-state index contributed by atoms with van der Waals surface area (Å²) in [6.45, 7) is 0. The van der Waals surface area contributed by atoms with Gasteiger partial charge in [0.15, 0.2) is 6.29 Å². The van der Waals surface area contributed by atoms with Crippen LogP contribution in [-0.4, -0.2) is 11.3 Å². The van der Waals surface area contributed by atoms with Crippen LogP contribution in [0.3, 0.4) is 0 Å². The van der Waals surface area contributed by atoms with Crippen molar-refractivity contribution in [3.63, 3.8) is 0 Å². The van der Waals surface area contributed by atoms with Gasteiger partial charge in [-0.2, -0.15) is 0 Å². The molecule has 0 radical (unpaired) electrons. The Bertz CT molecular complexity index is 698. The lowest BCUT2D eigenvalue weighted by Gasteiger charge is -1.93. The highest BCUT2D eigenvalue weighted by molar-refractivity contribution is 9.11. The lowest BCUT2D eigenvalue weighted by Crippen LogP contribution is -1.80. The minimum absolute atomic E-state index is 0.731. The largest absolute Gasteiger partial charge is 0.353 e. The Kier molecular flexibility index (Phi) is 2.61. The molecule has 0 bridgehead atoms. The predicted molar refractivity (Wildman–Crippen MR) is 74.7 cm³/mol. The number of halogens is 1. The van der Waals surface area contributed by atoms with Gasteiger partial charge >= 0.3 is 0 Å². The molecule has 0 spiro atoms. The fourth-order valence-electron chi connectivity index (χ4n) is 1.93. The summed E-state index contributed by atoms with van der Waals surface area (Å²) in [5.74, 6) is 0. The second kappa shape index (κ2) is 4.13. The highest BCUT2D eigenvalue weighted by Crippen LogP contribution is 2.35. The van der Waals surface area contributed by atoms with E-state index in [0.717, 1.165) is 37.1 Å². The van der Waals surface area contributed by atoms with Crippen LogP contribution in [0, 0.1) is 0 Å². The average Bonchev–Trinajstić information content (AvgIpc) is 2.91. The smallest absolute Gasteiger partial charge is 0.152 e. The number of carbonyl (C=O) groups excluding carboxylic acids is 1. The molecule has 3 rings (SSSR count). The van der Waals surface area contributed by atoms with Crippen molar-refractivity contribution in [1.29, 1.82) is 0 Å². The van der Waals surface area contributed by atoms with Crippen LogP contribution in [-0.2, 0) is 0 Å². The van der Waals surface area contributed by atoms with Crippen molar-refractivity contribution < 1.29 is 4.79 Å². The van der Waals surface area contributed by atoms with Crippen molar-refractivity contribution in [1.82, 2.24) is 4.98 Å². The molecule has 0 aliphatic rings. The van der Waals surface area contributed by atoms with E-state index in [1.165, 1.54) is 0 Å². The lowest BCUT2D eigenvalue weighted by molar-refractivity contribution is 0.112. The number of thiophene rings is 1. The van der Waals surface area contributed by atoms with Gasteiger partial charge in [-0.25, -0.2) is 0 Å². The first-order valence-corrected chi connectivity index (χ1v) is 6.72. The zero-order valence-corrected chi connectivity index (χ0v) is 11.1. The van der Waals surface area contributed by atoms with Crippen molar-refractivity contribution in [3.8, 4) is 10.6 Å². The molecule has 0 fully saturated rings. The van der Waals surface area contributed by atoms with Gasteiger partial charge in [0.05, 0.1) is 14.4 Å². The SMILES string of the molecule is O=Cc1c(-c2ccc(Br)s2)[nH]c2ccccc12. The van der Waals surface area contributed by atoms with Crippen LogP contribution in [0.5, 0.6) is 0 Å². The number of para-hydroxylation sites is 1. The quantitative estimate of drug-likeness (QED) is 0.696. The van der Waals surface area contributed by atoms with Crippen LogP contribution < -0.4 is 0 Å². The van der Waals surface area contributed by atoms with E-state index in [0.29, 0.717) is 0 Å². The number of carbonyl (C=O) groups is 1. The summed E-state index contributed by atoms with van der Waals surface area (Å²) in [6, 6.07) is 11.8. The lowest BCUT2D eigenvalue weighted by atomic mass is 10.1. The van der Waals surface area contributed by atoms with Crippen LogP contribution in [0.15, 0.2) is 40.2 Å². The van der Waals surface area contributed by atoms with E-state index in [2.05, 4.69) is 20.9 Å². The van der Waals surface area contributed by atoms with Crippen LogP contribution >= 0.6 is 27.3 Å². The van der Waals surface area contributed by atoms with Gasteiger partial charge in [0.2, 0.25) is 0 Å². The van der Waals surface area contributed by atoms with Crippen LogP contribution in [0.1, 0.15) is 10.4 Å². The Morgan fingerprint density at radius 3 is 2.71 bits per heavy atom. The molecule has 0 saturated carbocycles. The van der Waals surface area contributed by atoms with Crippen molar-refractivity contribution in [2.45, 2.75) is 0 Å². The first-order valence-electron chi connectivity index (χ1n) is 5.11. The molecule has 0 unspecified atom stereocenters. The number of aldehydes is 1. The first kappa shape index (κ1) is 10.7. The average molecular weight is 306 g/mol. The molecule has 0 saturated heterocycles. The number of aromatic nitrogens is 1. The fraction of sp³-hybridized carbons (Fsp3) is 0. The Labute approximate surface area is 110 Å². The number of fused-ring (bicyclic) bond motifs is 1. The minimum Gasteiger partial charge on any atom is -0.353 e. The molecular formula is C13H8BrNOS. The summed E-state index contributed by atoms with van der Waals surface area (Å²) in [5, 5.41) is 0.974. The van der Waals surface area contributed by atoms with Crippen LogP contribution in [0.2, 0.25) is 0 Å². The van der Waals surface area contributed by atoms with Gasteiger partial charge in [0, 0.05) is 16.5 Å². The first-order chi connectivity index (χ1) is 8.29. The highest BCUT2D eigenvalue weighted by Gasteiger charge is 2.13. The summed E-state index contributed by atoms with van der Waals surface area (Å²) in [4.78, 5) is 15.6. The molecule has 2 heterocycles. The number of hydrogen-bond donors (Lipinski definition) is 1. The number of hydrogen-bond acceptors (Lipinski definition) is 2. The molecule has 0 aliphatic carbocycles. The third-order valence-corrected chi connectivity index (χ3v) is 4.32. The topological polar surface area (TPSA) is 32.9 Å². The summed E-state index contributed by atoms with van der Waals surface area (Å²) < 4.78 is 1.06. The van der Waals surface area contributed by atoms with Crippen molar-refractivity contribution in [3.05, 3.63) is 45.7 Å². The van der Waals surface area contributed by atoms with Gasteiger partial charge in [0.1, 0.15) is 0 Å². The van der Waals surface area contributed by atoms with Crippen LogP contribution in [0.4, 0.5) is 0 Å². The Hall–Kier alpha value is -1.39. The standard InChI is InChI=1S/C13H8BrNOS/c14-12-6-5-11(17-12)13-9(7-16)8-3-1-2-4-10(8)15-13/h1-7,15H. The third kappa shape index (κ3) is 1.73. The van der Waals surface area contributed by atoms with Gasteiger partial charge in [0.25, 0.3) is 0 Å². The summed E-state index contributed by atoms with van der Waals surface area (Å²) in [6.07, 6.45) is 0.918. The number of rotatable bonds is 2. The van der Waals surface area contributed by atoms with Gasteiger partial charge < -0.3 is 4.98 Å². The molecule has 17 heavy (non-hydrogen) atoms. The van der Waals surface area contributed by atoms with E-state index in [4.69, 9.17) is 0 Å². The molecule has 2 aromatic heterocycles.